The van der Waals surface area contributed by atoms with E-state index in [1.807, 2.05) is 4.90 Å². The second kappa shape index (κ2) is 9.25. The van der Waals surface area contributed by atoms with E-state index >= 15 is 0 Å². The molecule has 0 aliphatic carbocycles. The van der Waals surface area contributed by atoms with Crippen LogP contribution in [0.2, 0.25) is 0 Å². The molecule has 3 heterocycles. The zero-order valence-corrected chi connectivity index (χ0v) is 18.2. The van der Waals surface area contributed by atoms with Gasteiger partial charge in [0.2, 0.25) is 5.91 Å². The number of benzene rings is 1. The highest BCUT2D eigenvalue weighted by atomic mass is 19.1. The van der Waals surface area contributed by atoms with E-state index in [-0.39, 0.29) is 17.9 Å². The summed E-state index contributed by atoms with van der Waals surface area (Å²) >= 11 is 0. The fraction of sp³-hybridized carbons (Fsp3) is 0.348. The Morgan fingerprint density at radius 3 is 2.72 bits per heavy atom. The standard InChI is InChI=1S/C23H25FN6O2/c1-14-4-5-16(13-30(14)15(2)31)23-28-20(21-12-25-6-7-26-21)11-22(29-23)27-18-8-17(24)9-19(10-18)32-3/h6-12,14,16H,4-5,13H2,1-3H3,(H,27,28,29)/t14-,16+/m0/s1. The molecular weight excluding hydrogens is 411 g/mol. The molecular formula is C23H25FN6O2. The van der Waals surface area contributed by atoms with Gasteiger partial charge in [0.15, 0.2) is 0 Å². The molecule has 1 amide bonds. The van der Waals surface area contributed by atoms with Gasteiger partial charge in [-0.2, -0.15) is 0 Å². The summed E-state index contributed by atoms with van der Waals surface area (Å²) in [4.78, 5) is 31.9. The van der Waals surface area contributed by atoms with Crippen LogP contribution in [-0.4, -0.2) is 50.4 Å². The molecule has 1 N–H and O–H groups in total. The van der Waals surface area contributed by atoms with Crippen molar-refractivity contribution < 1.29 is 13.9 Å². The molecule has 0 bridgehead atoms. The van der Waals surface area contributed by atoms with Crippen molar-refractivity contribution in [3.63, 3.8) is 0 Å². The van der Waals surface area contributed by atoms with Gasteiger partial charge >= 0.3 is 0 Å². The van der Waals surface area contributed by atoms with Gasteiger partial charge in [0.25, 0.3) is 0 Å². The van der Waals surface area contributed by atoms with E-state index < -0.39 is 5.82 Å². The van der Waals surface area contributed by atoms with Crippen LogP contribution in [0.3, 0.4) is 0 Å². The summed E-state index contributed by atoms with van der Waals surface area (Å²) in [7, 11) is 1.48. The van der Waals surface area contributed by atoms with Gasteiger partial charge in [-0.1, -0.05) is 0 Å². The van der Waals surface area contributed by atoms with Gasteiger partial charge < -0.3 is 15.0 Å². The number of carbonyl (C=O) groups is 1. The normalized spacial score (nSPS) is 18.3. The molecule has 0 radical (unpaired) electrons. The SMILES string of the molecule is COc1cc(F)cc(Nc2cc(-c3cnccn3)nc([C@@H]3CC[C@H](C)N(C(C)=O)C3)n2)c1. The minimum atomic E-state index is -0.423. The Balaban J connectivity index is 1.72. The molecule has 3 aromatic rings. The second-order valence-electron chi connectivity index (χ2n) is 7.89. The average molecular weight is 436 g/mol. The fourth-order valence-corrected chi connectivity index (χ4v) is 3.93. The van der Waals surface area contributed by atoms with Crippen molar-refractivity contribution in [3.05, 3.63) is 54.5 Å². The Morgan fingerprint density at radius 2 is 2.00 bits per heavy atom. The summed E-state index contributed by atoms with van der Waals surface area (Å²) in [6, 6.07) is 6.29. The predicted octanol–water partition coefficient (Wildman–Crippen LogP) is 3.94. The first-order valence-corrected chi connectivity index (χ1v) is 10.5. The van der Waals surface area contributed by atoms with E-state index in [0.29, 0.717) is 41.0 Å². The molecule has 32 heavy (non-hydrogen) atoms. The highest BCUT2D eigenvalue weighted by molar-refractivity contribution is 5.73. The second-order valence-corrected chi connectivity index (χ2v) is 7.89. The van der Waals surface area contributed by atoms with Gasteiger partial charge in [0, 0.05) is 61.7 Å². The van der Waals surface area contributed by atoms with Crippen LogP contribution in [-0.2, 0) is 4.79 Å². The number of methoxy groups -OCH3 is 1. The van der Waals surface area contributed by atoms with Gasteiger partial charge in [-0.15, -0.1) is 0 Å². The molecule has 0 spiro atoms. The van der Waals surface area contributed by atoms with Crippen LogP contribution < -0.4 is 10.1 Å². The lowest BCUT2D eigenvalue weighted by Gasteiger charge is -2.37. The number of nitrogens with zero attached hydrogens (tertiary/aromatic N) is 5. The molecule has 1 saturated heterocycles. The molecule has 1 aromatic carbocycles. The molecule has 166 valence electrons. The lowest BCUT2D eigenvalue weighted by Crippen LogP contribution is -2.44. The minimum Gasteiger partial charge on any atom is -0.497 e. The molecule has 1 aliphatic heterocycles. The summed E-state index contributed by atoms with van der Waals surface area (Å²) in [5, 5.41) is 3.15. The summed E-state index contributed by atoms with van der Waals surface area (Å²) < 4.78 is 19.1. The molecule has 1 aliphatic rings. The molecule has 8 nitrogen and oxygen atoms in total. The number of hydrogen-bond acceptors (Lipinski definition) is 7. The number of aromatic nitrogens is 4. The maximum absolute atomic E-state index is 14.0. The maximum atomic E-state index is 14.0. The topological polar surface area (TPSA) is 93.1 Å². The van der Waals surface area contributed by atoms with E-state index in [0.717, 1.165) is 12.8 Å². The Bertz CT molecular complexity index is 1110. The van der Waals surface area contributed by atoms with E-state index in [1.165, 1.54) is 19.2 Å². The Morgan fingerprint density at radius 1 is 1.16 bits per heavy atom. The summed E-state index contributed by atoms with van der Waals surface area (Å²) in [5.41, 5.74) is 1.70. The Labute approximate surface area is 185 Å². The minimum absolute atomic E-state index is 0.0192. The lowest BCUT2D eigenvalue weighted by molar-refractivity contribution is -0.132. The first kappa shape index (κ1) is 21.6. The van der Waals surface area contributed by atoms with Crippen LogP contribution in [0.15, 0.2) is 42.9 Å². The van der Waals surface area contributed by atoms with Crippen LogP contribution >= 0.6 is 0 Å². The van der Waals surface area contributed by atoms with Crippen molar-refractivity contribution in [2.75, 3.05) is 19.0 Å². The number of halogens is 1. The van der Waals surface area contributed by atoms with Crippen molar-refractivity contribution in [2.24, 2.45) is 0 Å². The predicted molar refractivity (Wildman–Crippen MR) is 118 cm³/mol. The fourth-order valence-electron chi connectivity index (χ4n) is 3.93. The number of hydrogen-bond donors (Lipinski definition) is 1. The zero-order chi connectivity index (χ0) is 22.7. The Hall–Kier alpha value is -3.62. The van der Waals surface area contributed by atoms with Crippen molar-refractivity contribution in [1.82, 2.24) is 24.8 Å². The lowest BCUT2D eigenvalue weighted by atomic mass is 9.92. The van der Waals surface area contributed by atoms with E-state index in [9.17, 15) is 9.18 Å². The van der Waals surface area contributed by atoms with Crippen molar-refractivity contribution in [3.8, 4) is 17.1 Å². The zero-order valence-electron chi connectivity index (χ0n) is 18.2. The third-order valence-electron chi connectivity index (χ3n) is 5.60. The molecule has 0 saturated carbocycles. The molecule has 9 heteroatoms. The van der Waals surface area contributed by atoms with Crippen LogP contribution in [0.5, 0.6) is 5.75 Å². The highest BCUT2D eigenvalue weighted by Gasteiger charge is 2.30. The molecule has 2 aromatic heterocycles. The van der Waals surface area contributed by atoms with Gasteiger partial charge in [0.05, 0.1) is 19.0 Å². The van der Waals surface area contributed by atoms with Crippen molar-refractivity contribution in [1.29, 1.82) is 0 Å². The number of nitrogens with one attached hydrogen (secondary N) is 1. The number of amides is 1. The van der Waals surface area contributed by atoms with Crippen LogP contribution in [0.25, 0.3) is 11.4 Å². The summed E-state index contributed by atoms with van der Waals surface area (Å²) in [5.74, 6) is 1.10. The number of ether oxygens (including phenoxy) is 1. The van der Waals surface area contributed by atoms with Crippen LogP contribution in [0, 0.1) is 5.82 Å². The number of rotatable bonds is 5. The van der Waals surface area contributed by atoms with Crippen molar-refractivity contribution in [2.45, 2.75) is 38.6 Å². The largest absolute Gasteiger partial charge is 0.497 e. The number of likely N-dealkylation sites (tertiary alicyclic amines) is 1. The van der Waals surface area contributed by atoms with Crippen LogP contribution in [0.4, 0.5) is 15.9 Å². The maximum Gasteiger partial charge on any atom is 0.219 e. The Kier molecular flexibility index (Phi) is 6.25. The quantitative estimate of drug-likeness (QED) is 0.647. The van der Waals surface area contributed by atoms with Gasteiger partial charge in [-0.25, -0.2) is 14.4 Å². The van der Waals surface area contributed by atoms with Gasteiger partial charge in [-0.05, 0) is 25.8 Å². The van der Waals surface area contributed by atoms with Gasteiger partial charge in [-0.3, -0.25) is 14.8 Å². The van der Waals surface area contributed by atoms with Crippen LogP contribution in [0.1, 0.15) is 38.4 Å². The van der Waals surface area contributed by atoms with E-state index in [1.54, 1.807) is 37.6 Å². The number of carbonyl (C=O) groups excluding carboxylic acids is 1. The smallest absolute Gasteiger partial charge is 0.219 e. The van der Waals surface area contributed by atoms with E-state index in [2.05, 4.69) is 22.2 Å². The van der Waals surface area contributed by atoms with E-state index in [4.69, 9.17) is 14.7 Å². The molecule has 2 atom stereocenters. The monoisotopic (exact) mass is 436 g/mol. The average Bonchev–Trinajstić information content (AvgIpc) is 2.79. The molecule has 0 unspecified atom stereocenters. The molecule has 4 rings (SSSR count). The van der Waals surface area contributed by atoms with Crippen molar-refractivity contribution >= 4 is 17.4 Å². The number of piperidine rings is 1. The summed E-state index contributed by atoms with van der Waals surface area (Å²) in [6.07, 6.45) is 6.55. The third-order valence-corrected chi connectivity index (χ3v) is 5.60. The third kappa shape index (κ3) is 4.82. The first-order chi connectivity index (χ1) is 15.4. The molecule has 1 fully saturated rings. The highest BCUT2D eigenvalue weighted by Crippen LogP contribution is 2.31. The van der Waals surface area contributed by atoms with Gasteiger partial charge in [0.1, 0.15) is 28.9 Å². The number of anilines is 2. The summed E-state index contributed by atoms with van der Waals surface area (Å²) in [6.45, 7) is 4.19. The first-order valence-electron chi connectivity index (χ1n) is 10.5.